The molecule has 0 unspecified atom stereocenters. The van der Waals surface area contributed by atoms with Crippen LogP contribution in [0.4, 0.5) is 10.1 Å². The molecule has 4 aliphatic rings. The second kappa shape index (κ2) is 12.3. The van der Waals surface area contributed by atoms with E-state index in [0.29, 0.717) is 42.8 Å². The Morgan fingerprint density at radius 2 is 2.00 bits per heavy atom. The molecule has 2 aromatic rings. The Bertz CT molecular complexity index is 1570. The van der Waals surface area contributed by atoms with Gasteiger partial charge in [0.15, 0.2) is 0 Å². The van der Waals surface area contributed by atoms with Crippen LogP contribution in [0.1, 0.15) is 61.0 Å². The number of carbonyl (C=O) groups excluding carboxylic acids is 1. The van der Waals surface area contributed by atoms with Gasteiger partial charge in [-0.05, 0) is 92.5 Å². The van der Waals surface area contributed by atoms with Crippen molar-refractivity contribution in [2.45, 2.75) is 68.8 Å². The first-order valence-electron chi connectivity index (χ1n) is 15.4. The van der Waals surface area contributed by atoms with Gasteiger partial charge in [0, 0.05) is 48.7 Å². The number of aryl methyl sites for hydroxylation is 1. The highest BCUT2D eigenvalue weighted by Crippen LogP contribution is 2.45. The maximum atomic E-state index is 15.7. The second-order valence-corrected chi connectivity index (χ2v) is 15.3. The van der Waals surface area contributed by atoms with E-state index < -0.39 is 45.1 Å². The van der Waals surface area contributed by atoms with E-state index in [9.17, 15) is 13.2 Å². The van der Waals surface area contributed by atoms with E-state index in [4.69, 9.17) is 25.8 Å². The van der Waals surface area contributed by atoms with Crippen LogP contribution in [-0.4, -0.2) is 65.2 Å². The number of anilines is 1. The maximum Gasteiger partial charge on any atom is 0.264 e. The van der Waals surface area contributed by atoms with Gasteiger partial charge in [-0.15, -0.1) is 0 Å². The highest BCUT2D eigenvalue weighted by molar-refractivity contribution is 7.90. The van der Waals surface area contributed by atoms with E-state index in [1.807, 2.05) is 12.1 Å². The van der Waals surface area contributed by atoms with Crippen LogP contribution >= 0.6 is 11.6 Å². The van der Waals surface area contributed by atoms with Gasteiger partial charge >= 0.3 is 0 Å². The summed E-state index contributed by atoms with van der Waals surface area (Å²) in [6.07, 6.45) is 3.62. The lowest BCUT2D eigenvalue weighted by Crippen LogP contribution is -2.48. The van der Waals surface area contributed by atoms with Crippen LogP contribution in [0.5, 0.6) is 5.75 Å². The van der Waals surface area contributed by atoms with Crippen molar-refractivity contribution in [3.63, 3.8) is 0 Å². The Labute approximate surface area is 263 Å². The van der Waals surface area contributed by atoms with Gasteiger partial charge in [0.1, 0.15) is 17.7 Å². The summed E-state index contributed by atoms with van der Waals surface area (Å²) >= 11 is 6.39. The van der Waals surface area contributed by atoms with E-state index in [0.717, 1.165) is 25.7 Å². The lowest BCUT2D eigenvalue weighted by molar-refractivity contribution is -0.0322. The van der Waals surface area contributed by atoms with E-state index in [1.54, 1.807) is 25.1 Å². The number of nitrogens with zero attached hydrogens (tertiary/aromatic N) is 1. The summed E-state index contributed by atoms with van der Waals surface area (Å²) in [7, 11) is -2.58. The van der Waals surface area contributed by atoms with Crippen LogP contribution in [0.2, 0.25) is 5.02 Å². The molecule has 44 heavy (non-hydrogen) atoms. The first-order chi connectivity index (χ1) is 21.0. The minimum Gasteiger partial charge on any atom is -0.490 e. The Morgan fingerprint density at radius 1 is 1.18 bits per heavy atom. The molecule has 1 fully saturated rings. The summed E-state index contributed by atoms with van der Waals surface area (Å²) in [5, 5.41) is -0.245. The highest BCUT2D eigenvalue weighted by atomic mass is 35.5. The molecule has 6 rings (SSSR count). The van der Waals surface area contributed by atoms with E-state index in [1.165, 1.54) is 31.2 Å². The molecule has 1 saturated heterocycles. The molecular formula is C33H40ClFN2O6S. The van der Waals surface area contributed by atoms with Crippen molar-refractivity contribution in [1.29, 1.82) is 0 Å². The normalized spacial score (nSPS) is 33.3. The SMILES string of the molecule is CO[C@@H]1/C(F)=C/C[C@H](C)[C@@H](C)S(=O)(=O)NC(=O)c2ccc3c(c2)N(C[C@@H]2CCO[C@H]21)C[C@@]1(CCCc2cc(Cl)ccc21)CO3. The number of allylic oxidation sites excluding steroid dienone is 1. The summed E-state index contributed by atoms with van der Waals surface area (Å²) in [6.45, 7) is 5.26. The fourth-order valence-corrected chi connectivity index (χ4v) is 8.80. The van der Waals surface area contributed by atoms with Crippen molar-refractivity contribution in [3.8, 4) is 5.75 Å². The number of sulfonamides is 1. The Balaban J connectivity index is 1.46. The van der Waals surface area contributed by atoms with Gasteiger partial charge in [-0.2, -0.15) is 0 Å². The third-order valence-corrected chi connectivity index (χ3v) is 12.2. The van der Waals surface area contributed by atoms with Gasteiger partial charge in [-0.1, -0.05) is 24.6 Å². The van der Waals surface area contributed by atoms with E-state index in [2.05, 4.69) is 15.7 Å². The second-order valence-electron chi connectivity index (χ2n) is 12.8. The van der Waals surface area contributed by atoms with Crippen molar-refractivity contribution in [2.75, 3.05) is 38.3 Å². The van der Waals surface area contributed by atoms with Crippen LogP contribution < -0.4 is 14.4 Å². The standard InChI is InChI=1S/C33H40ClFN2O6S/c1-20-6-10-27(35)31(41-3)30-24(12-14-42-30)17-37-18-33(13-4-5-22-15-25(34)8-9-26(22)33)19-43-29-11-7-23(16-28(29)37)32(38)36-44(39,40)21(20)2/h7-11,15-16,20-21,24,30-31H,4-6,12-14,17-19H2,1-3H3,(H,36,38)/b27-10-/t20-,21+,24-,30+,31+,33-/m0/s1. The van der Waals surface area contributed by atoms with Gasteiger partial charge in [0.05, 0.1) is 23.6 Å². The lowest BCUT2D eigenvalue weighted by Gasteiger charge is -2.42. The zero-order valence-corrected chi connectivity index (χ0v) is 26.9. The first kappa shape index (κ1) is 31.3. The smallest absolute Gasteiger partial charge is 0.264 e. The number of hydrogen-bond donors (Lipinski definition) is 1. The molecule has 11 heteroatoms. The number of amides is 1. The molecule has 3 aliphatic heterocycles. The van der Waals surface area contributed by atoms with Crippen molar-refractivity contribution in [1.82, 2.24) is 4.72 Å². The largest absolute Gasteiger partial charge is 0.490 e. The number of ether oxygens (including phenoxy) is 3. The third kappa shape index (κ3) is 5.86. The third-order valence-electron chi connectivity index (χ3n) is 10.1. The molecule has 6 atom stereocenters. The molecule has 3 heterocycles. The summed E-state index contributed by atoms with van der Waals surface area (Å²) in [5.41, 5.74) is 2.96. The predicted octanol–water partition coefficient (Wildman–Crippen LogP) is 5.57. The number of rotatable bonds is 1. The summed E-state index contributed by atoms with van der Waals surface area (Å²) in [6, 6.07) is 11.1. The van der Waals surface area contributed by atoms with E-state index in [-0.39, 0.29) is 23.3 Å². The average molecular weight is 647 g/mol. The van der Waals surface area contributed by atoms with Crippen molar-refractivity contribution in [3.05, 3.63) is 70.0 Å². The van der Waals surface area contributed by atoms with Crippen molar-refractivity contribution < 1.29 is 31.8 Å². The highest BCUT2D eigenvalue weighted by Gasteiger charge is 2.45. The van der Waals surface area contributed by atoms with Crippen LogP contribution in [0.15, 0.2) is 48.3 Å². The first-order valence-corrected chi connectivity index (χ1v) is 17.3. The van der Waals surface area contributed by atoms with Crippen LogP contribution in [0.3, 0.4) is 0 Å². The number of halogens is 2. The monoisotopic (exact) mass is 646 g/mol. The molecular weight excluding hydrogens is 607 g/mol. The zero-order valence-electron chi connectivity index (χ0n) is 25.4. The topological polar surface area (TPSA) is 94.2 Å². The summed E-state index contributed by atoms with van der Waals surface area (Å²) < 4.78 is 62.8. The average Bonchev–Trinajstić information content (AvgIpc) is 3.39. The quantitative estimate of drug-likeness (QED) is 0.433. The van der Waals surface area contributed by atoms with Crippen LogP contribution in [0.25, 0.3) is 0 Å². The summed E-state index contributed by atoms with van der Waals surface area (Å²) in [4.78, 5) is 15.6. The number of nitrogens with one attached hydrogen (secondary N) is 1. The van der Waals surface area contributed by atoms with Crippen LogP contribution in [-0.2, 0) is 31.3 Å². The van der Waals surface area contributed by atoms with Crippen molar-refractivity contribution >= 4 is 33.2 Å². The molecule has 1 aliphatic carbocycles. The lowest BCUT2D eigenvalue weighted by atomic mass is 9.70. The van der Waals surface area contributed by atoms with Crippen molar-refractivity contribution in [2.24, 2.45) is 11.8 Å². The minimum atomic E-state index is -4.05. The number of carbonyl (C=O) groups is 1. The molecule has 2 aromatic carbocycles. The molecule has 2 bridgehead atoms. The van der Waals surface area contributed by atoms with Gasteiger partial charge in [-0.3, -0.25) is 4.79 Å². The summed E-state index contributed by atoms with van der Waals surface area (Å²) in [5.74, 6) is -1.11. The van der Waals surface area contributed by atoms with E-state index >= 15 is 4.39 Å². The molecule has 1 spiro atoms. The fraction of sp³-hybridized carbons (Fsp3) is 0.545. The van der Waals surface area contributed by atoms with Gasteiger partial charge in [0.25, 0.3) is 5.91 Å². The van der Waals surface area contributed by atoms with Gasteiger partial charge in [0.2, 0.25) is 10.0 Å². The number of hydrogen-bond acceptors (Lipinski definition) is 7. The number of fused-ring (bicyclic) bond motifs is 4. The molecule has 1 N–H and O–H groups in total. The predicted molar refractivity (Wildman–Crippen MR) is 168 cm³/mol. The fourth-order valence-electron chi connectivity index (χ4n) is 7.32. The maximum absolute atomic E-state index is 15.7. The Kier molecular flexibility index (Phi) is 8.73. The molecule has 238 valence electrons. The molecule has 1 amide bonds. The molecule has 8 nitrogen and oxygen atoms in total. The van der Waals surface area contributed by atoms with Crippen LogP contribution in [0, 0.1) is 11.8 Å². The number of benzene rings is 2. The zero-order chi connectivity index (χ0) is 31.2. The minimum absolute atomic E-state index is 0.0718. The Morgan fingerprint density at radius 3 is 2.80 bits per heavy atom. The molecule has 0 radical (unpaired) electrons. The molecule has 0 aromatic heterocycles. The molecule has 0 saturated carbocycles. The number of methoxy groups -OCH3 is 1. The Hall–Kier alpha value is -2.66. The van der Waals surface area contributed by atoms with Gasteiger partial charge < -0.3 is 19.1 Å². The van der Waals surface area contributed by atoms with Gasteiger partial charge in [-0.25, -0.2) is 17.5 Å².